The molecule has 1 fully saturated rings. The Balaban J connectivity index is 1.70. The second kappa shape index (κ2) is 7.99. The second-order valence-corrected chi connectivity index (χ2v) is 8.15. The van der Waals surface area contributed by atoms with Gasteiger partial charge >= 0.3 is 0 Å². The molecule has 0 N–H and O–H groups in total. The number of para-hydroxylation sites is 1. The van der Waals surface area contributed by atoms with Crippen molar-refractivity contribution >= 4 is 17.5 Å². The number of anilines is 1. The zero-order valence-corrected chi connectivity index (χ0v) is 17.1. The van der Waals surface area contributed by atoms with Gasteiger partial charge in [-0.2, -0.15) is 0 Å². The van der Waals surface area contributed by atoms with E-state index in [4.69, 9.17) is 4.74 Å². The highest BCUT2D eigenvalue weighted by molar-refractivity contribution is 6.09. The van der Waals surface area contributed by atoms with Crippen molar-refractivity contribution in [3.05, 3.63) is 65.7 Å². The fourth-order valence-corrected chi connectivity index (χ4v) is 4.72. The number of likely N-dealkylation sites (N-methyl/N-ethyl adjacent to an activating group) is 1. The first kappa shape index (κ1) is 19.6. The molecule has 0 unspecified atom stereocenters. The molecule has 1 atom stereocenters. The Labute approximate surface area is 172 Å². The van der Waals surface area contributed by atoms with Crippen molar-refractivity contribution in [3.8, 4) is 0 Å². The predicted octanol–water partition coefficient (Wildman–Crippen LogP) is 3.17. The summed E-state index contributed by atoms with van der Waals surface area (Å²) in [4.78, 5) is 30.5. The molecule has 2 heterocycles. The number of benzene rings is 2. The molecule has 0 bridgehead atoms. The number of rotatable bonds is 5. The lowest BCUT2D eigenvalue weighted by Crippen LogP contribution is -2.47. The van der Waals surface area contributed by atoms with Gasteiger partial charge in [0, 0.05) is 45.5 Å². The second-order valence-electron chi connectivity index (χ2n) is 8.15. The summed E-state index contributed by atoms with van der Waals surface area (Å²) in [7, 11) is 3.67. The number of fused-ring (bicyclic) bond motifs is 1. The molecular formula is C24H28N2O3. The Morgan fingerprint density at radius 3 is 2.48 bits per heavy atom. The van der Waals surface area contributed by atoms with E-state index in [0.29, 0.717) is 19.6 Å². The molecule has 0 aromatic heterocycles. The highest BCUT2D eigenvalue weighted by Crippen LogP contribution is 2.45. The number of carbonyl (C=O) groups is 2. The summed E-state index contributed by atoms with van der Waals surface area (Å²) in [6, 6.07) is 18.0. The minimum atomic E-state index is -0.872. The summed E-state index contributed by atoms with van der Waals surface area (Å²) < 4.78 is 5.44. The normalized spacial score (nSPS) is 21.9. The van der Waals surface area contributed by atoms with Crippen molar-refractivity contribution < 1.29 is 14.3 Å². The Morgan fingerprint density at radius 2 is 1.76 bits per heavy atom. The van der Waals surface area contributed by atoms with Gasteiger partial charge in [0.15, 0.2) is 0 Å². The average Bonchev–Trinajstić information content (AvgIpc) is 2.97. The Hall–Kier alpha value is -2.66. The van der Waals surface area contributed by atoms with E-state index in [1.165, 1.54) is 0 Å². The average molecular weight is 392 g/mol. The molecule has 0 radical (unpaired) electrons. The first-order valence-electron chi connectivity index (χ1n) is 10.3. The summed E-state index contributed by atoms with van der Waals surface area (Å²) in [5.41, 5.74) is 2.04. The summed E-state index contributed by atoms with van der Waals surface area (Å²) in [6.45, 7) is 1.36. The van der Waals surface area contributed by atoms with Gasteiger partial charge in [-0.15, -0.1) is 0 Å². The molecule has 2 aliphatic rings. The van der Waals surface area contributed by atoms with Crippen LogP contribution in [-0.2, 0) is 26.2 Å². The van der Waals surface area contributed by atoms with Gasteiger partial charge in [-0.25, -0.2) is 0 Å². The van der Waals surface area contributed by atoms with Crippen LogP contribution in [0.4, 0.5) is 5.69 Å². The monoisotopic (exact) mass is 392 g/mol. The number of ether oxygens (including phenoxy) is 1. The fraction of sp³-hybridized carbons (Fsp3) is 0.417. The molecular weight excluding hydrogens is 364 g/mol. The molecule has 0 saturated carbocycles. The van der Waals surface area contributed by atoms with Crippen molar-refractivity contribution in [2.45, 2.75) is 37.1 Å². The van der Waals surface area contributed by atoms with Crippen LogP contribution in [0, 0.1) is 0 Å². The topological polar surface area (TPSA) is 49.9 Å². The van der Waals surface area contributed by atoms with Crippen LogP contribution in [0.3, 0.4) is 0 Å². The third-order valence-corrected chi connectivity index (χ3v) is 6.43. The van der Waals surface area contributed by atoms with Crippen molar-refractivity contribution in [1.82, 2.24) is 4.90 Å². The molecule has 5 nitrogen and oxygen atoms in total. The van der Waals surface area contributed by atoms with Gasteiger partial charge < -0.3 is 14.5 Å². The van der Waals surface area contributed by atoms with Crippen LogP contribution in [0.2, 0.25) is 0 Å². The first-order valence-corrected chi connectivity index (χ1v) is 10.3. The maximum atomic E-state index is 13.6. The lowest BCUT2D eigenvalue weighted by atomic mass is 9.73. The number of hydrogen-bond donors (Lipinski definition) is 0. The van der Waals surface area contributed by atoms with E-state index in [1.807, 2.05) is 66.5 Å². The van der Waals surface area contributed by atoms with Crippen LogP contribution < -0.4 is 4.90 Å². The molecule has 152 valence electrons. The van der Waals surface area contributed by atoms with Gasteiger partial charge in [0.1, 0.15) is 0 Å². The molecule has 5 heteroatoms. The van der Waals surface area contributed by atoms with Crippen molar-refractivity contribution in [2.75, 3.05) is 32.2 Å². The SMILES string of the molecule is CN1C(=O)[C@](CC(=O)N(C)C2CCOCC2)(Cc2ccccc2)c2ccccc21. The highest BCUT2D eigenvalue weighted by atomic mass is 16.5. The molecule has 0 aliphatic carbocycles. The molecule has 0 spiro atoms. The van der Waals surface area contributed by atoms with Crippen LogP contribution in [0.15, 0.2) is 54.6 Å². The lowest BCUT2D eigenvalue weighted by Gasteiger charge is -2.35. The fourth-order valence-electron chi connectivity index (χ4n) is 4.72. The largest absolute Gasteiger partial charge is 0.381 e. The summed E-state index contributed by atoms with van der Waals surface area (Å²) in [6.07, 6.45) is 2.38. The van der Waals surface area contributed by atoms with E-state index in [1.54, 1.807) is 11.9 Å². The van der Waals surface area contributed by atoms with E-state index in [0.717, 1.165) is 29.7 Å². The van der Waals surface area contributed by atoms with Crippen LogP contribution >= 0.6 is 0 Å². The summed E-state index contributed by atoms with van der Waals surface area (Å²) >= 11 is 0. The predicted molar refractivity (Wildman–Crippen MR) is 113 cm³/mol. The third-order valence-electron chi connectivity index (χ3n) is 6.43. The van der Waals surface area contributed by atoms with E-state index >= 15 is 0 Å². The maximum Gasteiger partial charge on any atom is 0.238 e. The molecule has 2 aromatic carbocycles. The summed E-state index contributed by atoms with van der Waals surface area (Å²) in [5, 5.41) is 0. The number of amides is 2. The van der Waals surface area contributed by atoms with Gasteiger partial charge in [-0.3, -0.25) is 9.59 Å². The standard InChI is InChI=1S/C24H28N2O3/c1-25(19-12-14-29-15-13-19)22(27)17-24(16-18-8-4-3-5-9-18)20-10-6-7-11-21(20)26(2)23(24)28/h3-11,19H,12-17H2,1-2H3/t24-/m0/s1. The van der Waals surface area contributed by atoms with E-state index in [-0.39, 0.29) is 24.3 Å². The van der Waals surface area contributed by atoms with Gasteiger partial charge in [0.2, 0.25) is 11.8 Å². The zero-order chi connectivity index (χ0) is 20.4. The zero-order valence-electron chi connectivity index (χ0n) is 17.1. The third kappa shape index (κ3) is 3.55. The van der Waals surface area contributed by atoms with E-state index < -0.39 is 5.41 Å². The molecule has 2 amide bonds. The minimum Gasteiger partial charge on any atom is -0.381 e. The Bertz CT molecular complexity index is 892. The van der Waals surface area contributed by atoms with Crippen LogP contribution in [-0.4, -0.2) is 50.1 Å². The molecule has 1 saturated heterocycles. The number of hydrogen-bond acceptors (Lipinski definition) is 3. The first-order chi connectivity index (χ1) is 14.0. The van der Waals surface area contributed by atoms with Gasteiger partial charge in [-0.1, -0.05) is 48.5 Å². The van der Waals surface area contributed by atoms with Crippen LogP contribution in [0.5, 0.6) is 0 Å². The number of nitrogens with zero attached hydrogens (tertiary/aromatic N) is 2. The van der Waals surface area contributed by atoms with Crippen molar-refractivity contribution in [1.29, 1.82) is 0 Å². The summed E-state index contributed by atoms with van der Waals surface area (Å²) in [5.74, 6) is 0.0163. The van der Waals surface area contributed by atoms with Gasteiger partial charge in [0.25, 0.3) is 0 Å². The van der Waals surface area contributed by atoms with Crippen molar-refractivity contribution in [2.24, 2.45) is 0 Å². The molecule has 4 rings (SSSR count). The molecule has 2 aromatic rings. The highest BCUT2D eigenvalue weighted by Gasteiger charge is 2.51. The Morgan fingerprint density at radius 1 is 1.10 bits per heavy atom. The molecule has 2 aliphatic heterocycles. The van der Waals surface area contributed by atoms with Crippen LogP contribution in [0.1, 0.15) is 30.4 Å². The van der Waals surface area contributed by atoms with Gasteiger partial charge in [0.05, 0.1) is 5.41 Å². The maximum absolute atomic E-state index is 13.6. The smallest absolute Gasteiger partial charge is 0.238 e. The van der Waals surface area contributed by atoms with E-state index in [9.17, 15) is 9.59 Å². The number of carbonyl (C=O) groups excluding carboxylic acids is 2. The Kier molecular flexibility index (Phi) is 5.41. The van der Waals surface area contributed by atoms with Crippen molar-refractivity contribution in [3.63, 3.8) is 0 Å². The lowest BCUT2D eigenvalue weighted by molar-refractivity contribution is -0.138. The molecule has 29 heavy (non-hydrogen) atoms. The van der Waals surface area contributed by atoms with E-state index in [2.05, 4.69) is 0 Å². The minimum absolute atomic E-state index is 0.00344. The quantitative estimate of drug-likeness (QED) is 0.785. The van der Waals surface area contributed by atoms with Gasteiger partial charge in [-0.05, 0) is 36.5 Å². The van der Waals surface area contributed by atoms with Crippen LogP contribution in [0.25, 0.3) is 0 Å².